The standard InChI is InChI=1S/C13H9OP.3C2H6/c14-13-9-5-1-3-7-11(9)15-12-8-4-2-6-10(12)13;3*1-2/h1-8,15H;3*1-2H3. The van der Waals surface area contributed by atoms with Gasteiger partial charge in [-0.05, 0) is 0 Å². The van der Waals surface area contributed by atoms with Crippen molar-refractivity contribution in [2.24, 2.45) is 0 Å². The fourth-order valence-corrected chi connectivity index (χ4v) is 3.18. The number of benzene rings is 2. The van der Waals surface area contributed by atoms with Crippen LogP contribution in [0.1, 0.15) is 41.5 Å². The van der Waals surface area contributed by atoms with Crippen LogP contribution in [0.5, 0.6) is 0 Å². The summed E-state index contributed by atoms with van der Waals surface area (Å²) < 4.78 is 0. The van der Waals surface area contributed by atoms with Crippen molar-refractivity contribution in [2.75, 3.05) is 0 Å². The van der Waals surface area contributed by atoms with Crippen LogP contribution in [-0.4, -0.2) is 0 Å². The van der Waals surface area contributed by atoms with Crippen LogP contribution >= 0.6 is 8.19 Å². The summed E-state index contributed by atoms with van der Waals surface area (Å²) in [6, 6.07) is 15.8. The lowest BCUT2D eigenvalue weighted by atomic mass is 10.2. The largest absolute Gasteiger partial charge is 0.289 e. The highest BCUT2D eigenvalue weighted by molar-refractivity contribution is 7.42. The van der Waals surface area contributed by atoms with E-state index in [0.717, 1.165) is 10.8 Å². The summed E-state index contributed by atoms with van der Waals surface area (Å²) in [4.78, 5) is 12.1. The fraction of sp³-hybridized carbons (Fsp3) is 0.316. The summed E-state index contributed by atoms with van der Waals surface area (Å²) in [6.45, 7) is 12.0. The van der Waals surface area contributed by atoms with Gasteiger partial charge in [-0.2, -0.15) is 0 Å². The van der Waals surface area contributed by atoms with Crippen molar-refractivity contribution in [3.63, 3.8) is 0 Å². The van der Waals surface area contributed by atoms with Gasteiger partial charge in [-0.3, -0.25) is 4.79 Å². The molecule has 0 bridgehead atoms. The maximum atomic E-state index is 12.1. The number of hydrogen-bond acceptors (Lipinski definition) is 1. The zero-order valence-electron chi connectivity index (χ0n) is 14.0. The van der Waals surface area contributed by atoms with Gasteiger partial charge in [0.25, 0.3) is 0 Å². The van der Waals surface area contributed by atoms with E-state index in [1.807, 2.05) is 90.1 Å². The van der Waals surface area contributed by atoms with Crippen molar-refractivity contribution in [1.82, 2.24) is 0 Å². The molecule has 0 spiro atoms. The Balaban J connectivity index is 0.000000598. The Bertz CT molecular complexity index is 641. The van der Waals surface area contributed by atoms with Crippen LogP contribution in [0.2, 0.25) is 0 Å². The number of rotatable bonds is 0. The van der Waals surface area contributed by atoms with Crippen molar-refractivity contribution in [1.29, 1.82) is 0 Å². The molecule has 0 N–H and O–H groups in total. The minimum absolute atomic E-state index is 0.167. The molecule has 0 amide bonds. The van der Waals surface area contributed by atoms with Crippen LogP contribution in [-0.2, 0) is 0 Å². The maximum Gasteiger partial charge on any atom is 0.194 e. The topological polar surface area (TPSA) is 17.1 Å². The minimum atomic E-state index is 0.167. The molecule has 0 aliphatic rings. The Kier molecular flexibility index (Phi) is 10.3. The van der Waals surface area contributed by atoms with Crippen LogP contribution in [0.15, 0.2) is 53.3 Å². The van der Waals surface area contributed by atoms with Crippen LogP contribution in [0.3, 0.4) is 0 Å². The van der Waals surface area contributed by atoms with Gasteiger partial charge in [-0.1, -0.05) is 90.1 Å². The summed E-state index contributed by atoms with van der Waals surface area (Å²) in [5.41, 5.74) is 0.167. The lowest BCUT2D eigenvalue weighted by Gasteiger charge is -2.00. The minimum Gasteiger partial charge on any atom is -0.289 e. The first-order valence-corrected chi connectivity index (χ1v) is 8.86. The third kappa shape index (κ3) is 4.72. The summed E-state index contributed by atoms with van der Waals surface area (Å²) in [6.07, 6.45) is 0. The van der Waals surface area contributed by atoms with Gasteiger partial charge in [0.1, 0.15) is 0 Å². The normalized spacial score (nSPS) is 8.67. The molecule has 2 heteroatoms. The Morgan fingerprint density at radius 3 is 1.33 bits per heavy atom. The SMILES string of the molecule is CC.CC.CC.O=c1c2ccccc2[pH]c2ccccc12. The molecule has 114 valence electrons. The molecule has 0 radical (unpaired) electrons. The highest BCUT2D eigenvalue weighted by Crippen LogP contribution is 2.28. The Labute approximate surface area is 130 Å². The first kappa shape index (κ1) is 19.4. The molecule has 1 heterocycles. The molecule has 3 rings (SSSR count). The third-order valence-electron chi connectivity index (χ3n) is 2.61. The van der Waals surface area contributed by atoms with Crippen LogP contribution in [0.4, 0.5) is 0 Å². The second-order valence-electron chi connectivity index (χ2n) is 3.55. The van der Waals surface area contributed by atoms with Crippen molar-refractivity contribution in [3.05, 3.63) is 58.8 Å². The van der Waals surface area contributed by atoms with E-state index >= 15 is 0 Å². The predicted octanol–water partition coefficient (Wildman–Crippen LogP) is 6.46. The van der Waals surface area contributed by atoms with Crippen molar-refractivity contribution in [3.8, 4) is 0 Å². The molecule has 0 saturated carbocycles. The van der Waals surface area contributed by atoms with E-state index in [9.17, 15) is 4.79 Å². The Hall–Kier alpha value is -1.59. The monoisotopic (exact) mass is 302 g/mol. The first-order valence-electron chi connectivity index (χ1n) is 7.86. The van der Waals surface area contributed by atoms with Crippen LogP contribution in [0.25, 0.3) is 21.0 Å². The van der Waals surface area contributed by atoms with Gasteiger partial charge >= 0.3 is 0 Å². The van der Waals surface area contributed by atoms with Gasteiger partial charge in [0.15, 0.2) is 5.43 Å². The van der Waals surface area contributed by atoms with E-state index in [1.165, 1.54) is 10.2 Å². The van der Waals surface area contributed by atoms with E-state index < -0.39 is 0 Å². The maximum absolute atomic E-state index is 12.1. The van der Waals surface area contributed by atoms with Crippen LogP contribution < -0.4 is 5.43 Å². The molecule has 21 heavy (non-hydrogen) atoms. The molecule has 0 atom stereocenters. The molecule has 0 saturated heterocycles. The van der Waals surface area contributed by atoms with Crippen molar-refractivity contribution >= 4 is 29.2 Å². The summed E-state index contributed by atoms with van der Waals surface area (Å²) in [5, 5.41) is 4.08. The average molecular weight is 302 g/mol. The molecule has 0 aliphatic heterocycles. The summed E-state index contributed by atoms with van der Waals surface area (Å²) in [7, 11) is 0.609. The van der Waals surface area contributed by atoms with E-state index in [2.05, 4.69) is 0 Å². The van der Waals surface area contributed by atoms with E-state index in [-0.39, 0.29) is 5.43 Å². The average Bonchev–Trinajstić information content (AvgIpc) is 2.61. The second-order valence-corrected chi connectivity index (χ2v) is 4.87. The summed E-state index contributed by atoms with van der Waals surface area (Å²) >= 11 is 0. The predicted molar refractivity (Wildman–Crippen MR) is 101 cm³/mol. The molecular weight excluding hydrogens is 275 g/mol. The number of hydrogen-bond donors (Lipinski definition) is 0. The van der Waals surface area contributed by atoms with E-state index in [0.29, 0.717) is 8.19 Å². The smallest absolute Gasteiger partial charge is 0.194 e. The van der Waals surface area contributed by atoms with Gasteiger partial charge in [0.2, 0.25) is 0 Å². The van der Waals surface area contributed by atoms with Crippen molar-refractivity contribution in [2.45, 2.75) is 41.5 Å². The Morgan fingerprint density at radius 1 is 0.619 bits per heavy atom. The molecule has 1 nitrogen and oxygen atoms in total. The molecule has 0 aliphatic carbocycles. The van der Waals surface area contributed by atoms with Gasteiger partial charge < -0.3 is 0 Å². The third-order valence-corrected chi connectivity index (χ3v) is 4.02. The molecule has 0 fully saturated rings. The highest BCUT2D eigenvalue weighted by Gasteiger charge is 2.02. The van der Waals surface area contributed by atoms with Crippen LogP contribution in [0, 0.1) is 0 Å². The molecule has 1 aromatic heterocycles. The van der Waals surface area contributed by atoms with E-state index in [4.69, 9.17) is 0 Å². The first-order chi connectivity index (χ1) is 10.4. The van der Waals surface area contributed by atoms with Crippen molar-refractivity contribution < 1.29 is 0 Å². The molecule has 0 unspecified atom stereocenters. The molecule has 2 aromatic carbocycles. The van der Waals surface area contributed by atoms with Gasteiger partial charge in [-0.15, -0.1) is 8.19 Å². The quantitative estimate of drug-likeness (QED) is 0.435. The van der Waals surface area contributed by atoms with Gasteiger partial charge in [0.05, 0.1) is 0 Å². The van der Waals surface area contributed by atoms with E-state index in [1.54, 1.807) is 0 Å². The zero-order chi connectivity index (χ0) is 16.3. The highest BCUT2D eigenvalue weighted by atomic mass is 31.0. The fourth-order valence-electron chi connectivity index (χ4n) is 1.87. The lowest BCUT2D eigenvalue weighted by Crippen LogP contribution is -1.99. The zero-order valence-corrected chi connectivity index (χ0v) is 15.0. The van der Waals surface area contributed by atoms with Gasteiger partial charge in [0, 0.05) is 21.0 Å². The molecule has 3 aromatic rings. The Morgan fingerprint density at radius 2 is 0.952 bits per heavy atom. The molecular formula is C19H27OP. The number of fused-ring (bicyclic) bond motifs is 2. The summed E-state index contributed by atoms with van der Waals surface area (Å²) in [5.74, 6) is 0. The second kappa shape index (κ2) is 11.1. The van der Waals surface area contributed by atoms with Gasteiger partial charge in [-0.25, -0.2) is 0 Å². The lowest BCUT2D eigenvalue weighted by molar-refractivity contribution is 1.50.